The zero-order valence-electron chi connectivity index (χ0n) is 21.6. The first-order chi connectivity index (χ1) is 17.4. The predicted molar refractivity (Wildman–Crippen MR) is 136 cm³/mol. The molecule has 0 aliphatic carbocycles. The van der Waals surface area contributed by atoms with Crippen LogP contribution in [0.2, 0.25) is 0 Å². The minimum Gasteiger partial charge on any atom is -0.472 e. The molecule has 4 aromatic rings. The van der Waals surface area contributed by atoms with Crippen molar-refractivity contribution >= 4 is 0 Å². The topological polar surface area (TPSA) is 90.1 Å². The number of aromatic nitrogens is 4. The number of hydrogen-bond acceptors (Lipinski definition) is 6. The van der Waals surface area contributed by atoms with E-state index in [-0.39, 0.29) is 29.2 Å². The van der Waals surface area contributed by atoms with E-state index in [1.807, 2.05) is 32.0 Å². The summed E-state index contributed by atoms with van der Waals surface area (Å²) in [7, 11) is 0. The van der Waals surface area contributed by atoms with E-state index < -0.39 is 17.2 Å². The van der Waals surface area contributed by atoms with E-state index in [1.54, 1.807) is 33.9 Å². The molecule has 0 radical (unpaired) electrons. The zero-order valence-corrected chi connectivity index (χ0v) is 21.6. The highest BCUT2D eigenvalue weighted by molar-refractivity contribution is 5.67. The molecule has 2 aromatic carbocycles. The first-order valence-electron chi connectivity index (χ1n) is 11.7. The second-order valence-corrected chi connectivity index (χ2v) is 9.54. The van der Waals surface area contributed by atoms with Crippen LogP contribution in [0.15, 0.2) is 47.4 Å². The van der Waals surface area contributed by atoms with Crippen LogP contribution in [0.4, 0.5) is 8.78 Å². The Balaban J connectivity index is 1.75. The van der Waals surface area contributed by atoms with Gasteiger partial charge >= 0.3 is 0 Å². The van der Waals surface area contributed by atoms with Crippen molar-refractivity contribution in [1.29, 1.82) is 0 Å². The van der Waals surface area contributed by atoms with E-state index in [0.717, 1.165) is 28.8 Å². The molecule has 0 aliphatic rings. The second-order valence-electron chi connectivity index (χ2n) is 9.54. The summed E-state index contributed by atoms with van der Waals surface area (Å²) in [6.45, 7) is 10.1. The fourth-order valence-corrected chi connectivity index (χ4v) is 3.92. The third-order valence-corrected chi connectivity index (χ3v) is 6.05. The van der Waals surface area contributed by atoms with Crippen LogP contribution in [-0.4, -0.2) is 24.6 Å². The summed E-state index contributed by atoms with van der Waals surface area (Å²) in [5.74, 6) is -0.664. The van der Waals surface area contributed by atoms with Crippen molar-refractivity contribution < 1.29 is 18.6 Å². The monoisotopic (exact) mass is 506 g/mol. The first kappa shape index (κ1) is 26.1. The van der Waals surface area contributed by atoms with E-state index >= 15 is 0 Å². The van der Waals surface area contributed by atoms with Gasteiger partial charge in [0, 0.05) is 23.4 Å². The Kier molecular flexibility index (Phi) is 6.92. The van der Waals surface area contributed by atoms with Crippen LogP contribution < -0.4 is 10.3 Å². The maximum atomic E-state index is 14.0. The Bertz CT molecular complexity index is 1560. The number of ether oxygens (including phenoxy) is 1. The molecule has 2 heterocycles. The lowest BCUT2D eigenvalue weighted by atomic mass is 10.0. The van der Waals surface area contributed by atoms with Gasteiger partial charge < -0.3 is 9.84 Å². The minimum absolute atomic E-state index is 0.0812. The van der Waals surface area contributed by atoms with Gasteiger partial charge in [0.1, 0.15) is 29.7 Å². The normalized spacial score (nSPS) is 11.6. The van der Waals surface area contributed by atoms with Crippen molar-refractivity contribution in [1.82, 2.24) is 19.5 Å². The Labute approximate surface area is 213 Å². The van der Waals surface area contributed by atoms with Crippen LogP contribution in [0.5, 0.6) is 5.88 Å². The third kappa shape index (κ3) is 5.27. The van der Waals surface area contributed by atoms with Crippen molar-refractivity contribution in [2.45, 2.75) is 53.8 Å². The number of rotatable bonds is 6. The largest absolute Gasteiger partial charge is 0.472 e. The van der Waals surface area contributed by atoms with Gasteiger partial charge in [-0.15, -0.1) is 0 Å². The van der Waals surface area contributed by atoms with E-state index in [2.05, 4.69) is 15.0 Å². The van der Waals surface area contributed by atoms with Crippen LogP contribution in [0, 0.1) is 39.3 Å². The molecule has 0 spiro atoms. The first-order valence-corrected chi connectivity index (χ1v) is 11.7. The number of aliphatic hydroxyl groups is 1. The molecule has 4 rings (SSSR count). The fraction of sp³-hybridized carbons (Fsp3) is 0.286. The van der Waals surface area contributed by atoms with Gasteiger partial charge in [-0.05, 0) is 70.9 Å². The Morgan fingerprint density at radius 1 is 1.00 bits per heavy atom. The molecule has 9 heteroatoms. The molecule has 2 aromatic heterocycles. The maximum Gasteiger partial charge on any atom is 0.264 e. The van der Waals surface area contributed by atoms with Gasteiger partial charge in [0.25, 0.3) is 5.56 Å². The smallest absolute Gasteiger partial charge is 0.264 e. The highest BCUT2D eigenvalue weighted by Gasteiger charge is 2.22. The Morgan fingerprint density at radius 3 is 2.41 bits per heavy atom. The number of nitrogens with zero attached hydrogens (tertiary/aromatic N) is 4. The fourth-order valence-electron chi connectivity index (χ4n) is 3.92. The molecule has 192 valence electrons. The second kappa shape index (κ2) is 9.82. The van der Waals surface area contributed by atoms with Crippen LogP contribution in [0.1, 0.15) is 47.8 Å². The summed E-state index contributed by atoms with van der Waals surface area (Å²) >= 11 is 0. The zero-order chi connectivity index (χ0) is 27.1. The van der Waals surface area contributed by atoms with Crippen molar-refractivity contribution in [2.75, 3.05) is 0 Å². The number of hydrogen-bond donors (Lipinski definition) is 1. The molecule has 7 nitrogen and oxygen atoms in total. The summed E-state index contributed by atoms with van der Waals surface area (Å²) < 4.78 is 34.3. The summed E-state index contributed by atoms with van der Waals surface area (Å²) in [6.07, 6.45) is 1.66. The molecule has 0 saturated carbocycles. The van der Waals surface area contributed by atoms with Gasteiger partial charge in [-0.25, -0.2) is 18.7 Å². The SMILES string of the molecule is Cc1ccc(-c2nc(C(C)(C)O)ncc2C)cc1-n1c(C)nc(OCc2ccc(F)cc2F)c(C)c1=O. The molecular formula is C28H28F2N4O3. The average molecular weight is 507 g/mol. The summed E-state index contributed by atoms with van der Waals surface area (Å²) in [4.78, 5) is 26.7. The van der Waals surface area contributed by atoms with Crippen LogP contribution in [0.3, 0.4) is 0 Å². The maximum absolute atomic E-state index is 14.0. The van der Waals surface area contributed by atoms with Crippen molar-refractivity contribution in [3.8, 4) is 22.8 Å². The van der Waals surface area contributed by atoms with Crippen molar-refractivity contribution in [3.05, 3.63) is 98.5 Å². The summed E-state index contributed by atoms with van der Waals surface area (Å²) in [6, 6.07) is 8.85. The molecule has 0 amide bonds. The molecular weight excluding hydrogens is 478 g/mol. The lowest BCUT2D eigenvalue weighted by Crippen LogP contribution is -2.26. The van der Waals surface area contributed by atoms with Gasteiger partial charge in [0.15, 0.2) is 5.82 Å². The van der Waals surface area contributed by atoms with Crippen LogP contribution in [0.25, 0.3) is 16.9 Å². The Morgan fingerprint density at radius 2 is 1.73 bits per heavy atom. The van der Waals surface area contributed by atoms with Crippen LogP contribution >= 0.6 is 0 Å². The highest BCUT2D eigenvalue weighted by Crippen LogP contribution is 2.28. The average Bonchev–Trinajstić information content (AvgIpc) is 2.82. The molecule has 0 atom stereocenters. The number of aryl methyl sites for hydroxylation is 3. The van der Waals surface area contributed by atoms with Gasteiger partial charge in [-0.1, -0.05) is 12.1 Å². The molecule has 0 unspecified atom stereocenters. The Hall–Kier alpha value is -3.98. The number of halogens is 2. The van der Waals surface area contributed by atoms with Gasteiger partial charge in [-0.3, -0.25) is 9.36 Å². The van der Waals surface area contributed by atoms with Crippen LogP contribution in [-0.2, 0) is 12.2 Å². The minimum atomic E-state index is -1.21. The van der Waals surface area contributed by atoms with Crippen molar-refractivity contribution in [3.63, 3.8) is 0 Å². The van der Waals surface area contributed by atoms with Gasteiger partial charge in [0.2, 0.25) is 5.88 Å². The molecule has 37 heavy (non-hydrogen) atoms. The molecule has 0 bridgehead atoms. The third-order valence-electron chi connectivity index (χ3n) is 6.05. The van der Waals surface area contributed by atoms with E-state index in [1.165, 1.54) is 10.6 Å². The lowest BCUT2D eigenvalue weighted by Gasteiger charge is -2.19. The highest BCUT2D eigenvalue weighted by atomic mass is 19.1. The van der Waals surface area contributed by atoms with E-state index in [0.29, 0.717) is 23.0 Å². The van der Waals surface area contributed by atoms with Crippen molar-refractivity contribution in [2.24, 2.45) is 0 Å². The van der Waals surface area contributed by atoms with Gasteiger partial charge in [0.05, 0.1) is 16.9 Å². The quantitative estimate of drug-likeness (QED) is 0.396. The van der Waals surface area contributed by atoms with E-state index in [9.17, 15) is 18.7 Å². The molecule has 0 fully saturated rings. The summed E-state index contributed by atoms with van der Waals surface area (Å²) in [5.41, 5.74) is 2.53. The van der Waals surface area contributed by atoms with Gasteiger partial charge in [-0.2, -0.15) is 4.98 Å². The molecule has 0 aliphatic heterocycles. The predicted octanol–water partition coefficient (Wildman–Crippen LogP) is 5.01. The summed E-state index contributed by atoms with van der Waals surface area (Å²) in [5, 5.41) is 10.4. The molecule has 0 saturated heterocycles. The lowest BCUT2D eigenvalue weighted by molar-refractivity contribution is 0.0688. The van der Waals surface area contributed by atoms with E-state index in [4.69, 9.17) is 4.74 Å². The number of benzene rings is 2. The standard InChI is InChI=1S/C28H28F2N4O3/c1-15-7-8-19(24-16(2)13-31-27(33-24)28(5,6)36)11-23(15)34-18(4)32-25(17(3)26(34)35)37-14-20-9-10-21(29)12-22(20)30/h7-13,36H,14H2,1-6H3. The molecule has 1 N–H and O–H groups in total.